The van der Waals surface area contributed by atoms with Crippen LogP contribution in [0, 0.1) is 12.3 Å². The number of ether oxygens (including phenoxy) is 1. The van der Waals surface area contributed by atoms with Crippen molar-refractivity contribution in [2.45, 2.75) is 32.2 Å². The highest BCUT2D eigenvalue weighted by atomic mass is 32.2. The summed E-state index contributed by atoms with van der Waals surface area (Å²) in [5.41, 5.74) is 1.74. The molecule has 0 radical (unpaired) electrons. The molecule has 1 saturated carbocycles. The number of fused-ring (bicyclic) bond motifs is 1. The summed E-state index contributed by atoms with van der Waals surface area (Å²) in [6.45, 7) is 2.44. The van der Waals surface area contributed by atoms with Crippen LogP contribution in [0.1, 0.15) is 18.4 Å². The van der Waals surface area contributed by atoms with Gasteiger partial charge in [0, 0.05) is 30.6 Å². The molecule has 0 atom stereocenters. The summed E-state index contributed by atoms with van der Waals surface area (Å²) in [5.74, 6) is 1.40. The Balaban J connectivity index is 1.48. The van der Waals surface area contributed by atoms with Gasteiger partial charge in [-0.05, 0) is 25.3 Å². The normalized spacial score (nSPS) is 19.5. The molecule has 0 unspecified atom stereocenters. The number of aryl methyl sites for hydroxylation is 1. The maximum atomic E-state index is 12.7. The van der Waals surface area contributed by atoms with Crippen molar-refractivity contribution in [1.82, 2.24) is 18.9 Å². The van der Waals surface area contributed by atoms with Gasteiger partial charge in [0.1, 0.15) is 11.8 Å². The van der Waals surface area contributed by atoms with Crippen LogP contribution >= 0.6 is 0 Å². The lowest BCUT2D eigenvalue weighted by Crippen LogP contribution is -2.68. The van der Waals surface area contributed by atoms with E-state index < -0.39 is 29.2 Å². The zero-order valence-corrected chi connectivity index (χ0v) is 16.4. The number of hydrogen-bond acceptors (Lipinski definition) is 6. The lowest BCUT2D eigenvalue weighted by atomic mass is 9.60. The van der Waals surface area contributed by atoms with Crippen LogP contribution in [0.2, 0.25) is 0 Å². The van der Waals surface area contributed by atoms with E-state index in [0.717, 1.165) is 21.2 Å². The fourth-order valence-corrected chi connectivity index (χ4v) is 5.34. The van der Waals surface area contributed by atoms with Gasteiger partial charge in [0.05, 0.1) is 13.7 Å². The second-order valence-electron chi connectivity index (χ2n) is 7.64. The van der Waals surface area contributed by atoms with Crippen LogP contribution in [0.15, 0.2) is 12.4 Å². The van der Waals surface area contributed by atoms with Gasteiger partial charge < -0.3 is 9.64 Å². The highest BCUT2D eigenvalue weighted by molar-refractivity contribution is 7.86. The molecule has 1 spiro atoms. The number of halogens is 2. The molecule has 3 heterocycles. The number of hydrogen-bond donors (Lipinski definition) is 1. The molecule has 2 N–H and O–H groups in total. The SMILES string of the molecule is COc1cc(C)c2c(N3CC4(CC(N(CC(F)F)S(N)(=O)=O)C4)C3)ncnn12. The molecule has 0 aromatic carbocycles. The number of rotatable bonds is 6. The summed E-state index contributed by atoms with van der Waals surface area (Å²) in [7, 11) is -2.58. The lowest BCUT2D eigenvalue weighted by Gasteiger charge is -2.60. The van der Waals surface area contributed by atoms with Gasteiger partial charge in [-0.25, -0.2) is 18.9 Å². The van der Waals surface area contributed by atoms with Gasteiger partial charge in [0.15, 0.2) is 5.82 Å². The second-order valence-corrected chi connectivity index (χ2v) is 9.14. The van der Waals surface area contributed by atoms with Crippen molar-refractivity contribution >= 4 is 21.5 Å². The maximum absolute atomic E-state index is 12.7. The molecule has 2 aliphatic rings. The third-order valence-electron chi connectivity index (χ3n) is 5.64. The van der Waals surface area contributed by atoms with Crippen LogP contribution in [-0.2, 0) is 10.2 Å². The monoisotopic (exact) mass is 416 g/mol. The largest absolute Gasteiger partial charge is 0.481 e. The van der Waals surface area contributed by atoms with E-state index >= 15 is 0 Å². The minimum Gasteiger partial charge on any atom is -0.481 e. The highest BCUT2D eigenvalue weighted by Gasteiger charge is 2.56. The van der Waals surface area contributed by atoms with Crippen molar-refractivity contribution in [2.75, 3.05) is 31.6 Å². The second kappa shape index (κ2) is 6.49. The van der Waals surface area contributed by atoms with Gasteiger partial charge in [-0.3, -0.25) is 0 Å². The van der Waals surface area contributed by atoms with E-state index in [1.165, 1.54) is 6.33 Å². The van der Waals surface area contributed by atoms with Crippen LogP contribution in [-0.4, -0.2) is 66.5 Å². The number of anilines is 1. The summed E-state index contributed by atoms with van der Waals surface area (Å²) in [6, 6.07) is 1.41. The van der Waals surface area contributed by atoms with E-state index in [4.69, 9.17) is 9.88 Å². The van der Waals surface area contributed by atoms with E-state index in [1.54, 1.807) is 11.6 Å². The Labute approximate surface area is 161 Å². The predicted molar refractivity (Wildman–Crippen MR) is 97.8 cm³/mol. The highest BCUT2D eigenvalue weighted by Crippen LogP contribution is 2.52. The van der Waals surface area contributed by atoms with Gasteiger partial charge in [0.25, 0.3) is 16.6 Å². The number of nitrogens with two attached hydrogens (primary N) is 1. The molecule has 28 heavy (non-hydrogen) atoms. The summed E-state index contributed by atoms with van der Waals surface area (Å²) in [6.07, 6.45) is -0.270. The summed E-state index contributed by atoms with van der Waals surface area (Å²) >= 11 is 0. The third kappa shape index (κ3) is 3.08. The van der Waals surface area contributed by atoms with Crippen LogP contribution in [0.3, 0.4) is 0 Å². The zero-order chi connectivity index (χ0) is 20.3. The van der Waals surface area contributed by atoms with Crippen molar-refractivity contribution in [3.05, 3.63) is 18.0 Å². The number of methoxy groups -OCH3 is 1. The fourth-order valence-electron chi connectivity index (χ4n) is 4.46. The van der Waals surface area contributed by atoms with E-state index in [1.807, 2.05) is 13.0 Å². The van der Waals surface area contributed by atoms with E-state index in [2.05, 4.69) is 15.0 Å². The van der Waals surface area contributed by atoms with E-state index in [0.29, 0.717) is 31.8 Å². The predicted octanol–water partition coefficient (Wildman–Crippen LogP) is 0.786. The molecule has 2 aromatic heterocycles. The molecule has 12 heteroatoms. The first-order valence-corrected chi connectivity index (χ1v) is 10.3. The van der Waals surface area contributed by atoms with Gasteiger partial charge in [-0.2, -0.15) is 22.3 Å². The number of nitrogens with zero attached hydrogens (tertiary/aromatic N) is 5. The molecule has 154 valence electrons. The van der Waals surface area contributed by atoms with Crippen molar-refractivity contribution in [1.29, 1.82) is 0 Å². The molecule has 2 aromatic rings. The molecular weight excluding hydrogens is 394 g/mol. The molecule has 0 amide bonds. The van der Waals surface area contributed by atoms with E-state index in [-0.39, 0.29) is 5.41 Å². The Morgan fingerprint density at radius 2 is 2.11 bits per heavy atom. The molecule has 0 bridgehead atoms. The molecule has 2 fully saturated rings. The minimum absolute atomic E-state index is 0.0950. The summed E-state index contributed by atoms with van der Waals surface area (Å²) in [4.78, 5) is 6.50. The lowest BCUT2D eigenvalue weighted by molar-refractivity contribution is -0.00439. The minimum atomic E-state index is -4.15. The average Bonchev–Trinajstić information content (AvgIpc) is 2.87. The summed E-state index contributed by atoms with van der Waals surface area (Å²) in [5, 5.41) is 9.35. The van der Waals surface area contributed by atoms with Gasteiger partial charge >= 0.3 is 0 Å². The molecule has 9 nitrogen and oxygen atoms in total. The third-order valence-corrected chi connectivity index (χ3v) is 6.74. The van der Waals surface area contributed by atoms with Crippen molar-refractivity contribution < 1.29 is 21.9 Å². The van der Waals surface area contributed by atoms with Gasteiger partial charge in [-0.15, -0.1) is 0 Å². The number of alkyl halides is 2. The Hall–Kier alpha value is -2.05. The van der Waals surface area contributed by atoms with E-state index in [9.17, 15) is 17.2 Å². The standard InChI is InChI=1S/C16H22F2N6O3S/c1-10-3-13(27-2)24-14(10)15(20-9-21-24)22-7-16(8-22)4-11(5-16)23(6-12(17)18)28(19,25)26/h3,9,11-12H,4-8H2,1-2H3,(H2,19,25,26). The molecular formula is C16H22F2N6O3S. The van der Waals surface area contributed by atoms with Crippen LogP contribution in [0.25, 0.3) is 5.52 Å². The smallest absolute Gasteiger partial charge is 0.277 e. The van der Waals surface area contributed by atoms with Crippen LogP contribution in [0.4, 0.5) is 14.6 Å². The molecule has 1 aliphatic heterocycles. The molecule has 1 saturated heterocycles. The van der Waals surface area contributed by atoms with Crippen LogP contribution in [0.5, 0.6) is 5.88 Å². The molecule has 4 rings (SSSR count). The topological polar surface area (TPSA) is 106 Å². The Morgan fingerprint density at radius 3 is 2.68 bits per heavy atom. The average molecular weight is 416 g/mol. The zero-order valence-electron chi connectivity index (χ0n) is 15.5. The van der Waals surface area contributed by atoms with Gasteiger partial charge in [-0.1, -0.05) is 0 Å². The molecule has 1 aliphatic carbocycles. The van der Waals surface area contributed by atoms with Gasteiger partial charge in [0.2, 0.25) is 5.88 Å². The first-order chi connectivity index (χ1) is 13.1. The Bertz CT molecular complexity index is 997. The maximum Gasteiger partial charge on any atom is 0.277 e. The Morgan fingerprint density at radius 1 is 1.43 bits per heavy atom. The fraction of sp³-hybridized carbons (Fsp3) is 0.625. The number of aromatic nitrogens is 3. The van der Waals surface area contributed by atoms with Crippen molar-refractivity contribution in [2.24, 2.45) is 10.6 Å². The summed E-state index contributed by atoms with van der Waals surface area (Å²) < 4.78 is 56.5. The van der Waals surface area contributed by atoms with Crippen molar-refractivity contribution in [3.8, 4) is 5.88 Å². The van der Waals surface area contributed by atoms with Crippen molar-refractivity contribution in [3.63, 3.8) is 0 Å². The Kier molecular flexibility index (Phi) is 4.47. The van der Waals surface area contributed by atoms with Crippen LogP contribution < -0.4 is 14.8 Å². The quantitative estimate of drug-likeness (QED) is 0.746. The first-order valence-electron chi connectivity index (χ1n) is 8.83. The first kappa shape index (κ1) is 19.3.